The van der Waals surface area contributed by atoms with Gasteiger partial charge in [0, 0.05) is 0 Å². The van der Waals surface area contributed by atoms with Crippen molar-refractivity contribution in [2.24, 2.45) is 0 Å². The molecule has 0 bridgehead atoms. The topological polar surface area (TPSA) is 76.4 Å². The van der Waals surface area contributed by atoms with E-state index in [1.165, 1.54) is 12.1 Å². The Labute approximate surface area is 75.5 Å². The van der Waals surface area contributed by atoms with Gasteiger partial charge >= 0.3 is 16.7 Å². The maximum absolute atomic E-state index is 10.7. The summed E-state index contributed by atoms with van der Waals surface area (Å²) >= 11 is 0. The third-order valence-electron chi connectivity index (χ3n) is 1.08. The fourth-order valence-corrected chi connectivity index (χ4v) is 1.13. The lowest BCUT2D eigenvalue weighted by Gasteiger charge is -2.00. The Morgan fingerprint density at radius 2 is 1.85 bits per heavy atom. The molecular formula is C7H5NO4S. The van der Waals surface area contributed by atoms with Gasteiger partial charge in [-0.2, -0.15) is 0 Å². The lowest BCUT2D eigenvalue weighted by molar-refractivity contribution is 0.373. The van der Waals surface area contributed by atoms with Crippen LogP contribution in [0.5, 0.6) is 5.75 Å². The molecule has 5 nitrogen and oxygen atoms in total. The smallest absolute Gasteiger partial charge is 0.352 e. The van der Waals surface area contributed by atoms with Crippen molar-refractivity contribution in [2.45, 2.75) is 0 Å². The number of nitrogens with zero attached hydrogens (tertiary/aromatic N) is 1. The second-order valence-electron chi connectivity index (χ2n) is 1.98. The van der Waals surface area contributed by atoms with Crippen LogP contribution in [-0.4, -0.2) is 8.42 Å². The van der Waals surface area contributed by atoms with Crippen LogP contribution in [-0.2, 0) is 14.6 Å². The van der Waals surface area contributed by atoms with E-state index < -0.39 is 10.4 Å². The first-order valence-electron chi connectivity index (χ1n) is 3.21. The lowest BCUT2D eigenvalue weighted by Crippen LogP contribution is -2.09. The zero-order valence-corrected chi connectivity index (χ0v) is 7.19. The van der Waals surface area contributed by atoms with Crippen LogP contribution in [0.1, 0.15) is 0 Å². The number of hydrogen-bond acceptors (Lipinski definition) is 5. The van der Waals surface area contributed by atoms with Crippen LogP contribution in [0.15, 0.2) is 30.3 Å². The van der Waals surface area contributed by atoms with E-state index in [1.807, 2.05) is 0 Å². The quantitative estimate of drug-likeness (QED) is 0.673. The summed E-state index contributed by atoms with van der Waals surface area (Å²) in [6, 6.07) is 7.75. The van der Waals surface area contributed by atoms with Gasteiger partial charge in [-0.3, -0.25) is 4.18 Å². The molecule has 1 aromatic rings. The molecule has 0 aliphatic heterocycles. The molecule has 13 heavy (non-hydrogen) atoms. The number of rotatable bonds is 3. The predicted molar refractivity (Wildman–Crippen MR) is 42.7 cm³/mol. The molecule has 0 N–H and O–H groups in total. The molecule has 0 aliphatic rings. The molecular weight excluding hydrogens is 194 g/mol. The fourth-order valence-electron chi connectivity index (χ4n) is 0.657. The maximum atomic E-state index is 10.7. The van der Waals surface area contributed by atoms with Crippen LogP contribution in [0.2, 0.25) is 0 Å². The minimum atomic E-state index is -4.25. The van der Waals surface area contributed by atoms with E-state index in [-0.39, 0.29) is 5.75 Å². The summed E-state index contributed by atoms with van der Waals surface area (Å²) in [5.41, 5.74) is 0. The molecule has 0 unspecified atom stereocenters. The van der Waals surface area contributed by atoms with E-state index >= 15 is 0 Å². The van der Waals surface area contributed by atoms with Crippen molar-refractivity contribution < 1.29 is 16.8 Å². The molecule has 0 aromatic heterocycles. The van der Waals surface area contributed by atoms with Crippen molar-refractivity contribution in [1.82, 2.24) is 0 Å². The van der Waals surface area contributed by atoms with Crippen molar-refractivity contribution in [3.05, 3.63) is 30.3 Å². The Kier molecular flexibility index (Phi) is 2.72. The molecule has 0 saturated carbocycles. The molecule has 0 spiro atoms. The lowest BCUT2D eigenvalue weighted by atomic mass is 10.3. The van der Waals surface area contributed by atoms with Crippen LogP contribution in [0.3, 0.4) is 0 Å². The van der Waals surface area contributed by atoms with Gasteiger partial charge in [0.2, 0.25) is 0 Å². The number of benzene rings is 1. The molecule has 0 saturated heterocycles. The van der Waals surface area contributed by atoms with Crippen LogP contribution in [0.25, 0.3) is 0 Å². The van der Waals surface area contributed by atoms with Gasteiger partial charge in [-0.05, 0) is 12.1 Å². The van der Waals surface area contributed by atoms with Crippen LogP contribution in [0, 0.1) is 11.5 Å². The summed E-state index contributed by atoms with van der Waals surface area (Å²) in [5, 5.41) is 7.95. The first-order chi connectivity index (χ1) is 6.14. The highest BCUT2D eigenvalue weighted by molar-refractivity contribution is 7.82. The van der Waals surface area contributed by atoms with Crippen LogP contribution >= 0.6 is 0 Å². The SMILES string of the molecule is N#COS(=O)(=O)Oc1ccccc1. The number of hydrogen-bond donors (Lipinski definition) is 0. The summed E-state index contributed by atoms with van der Waals surface area (Å²) in [6.07, 6.45) is 1.02. The highest BCUT2D eigenvalue weighted by Gasteiger charge is 2.13. The maximum Gasteiger partial charge on any atom is 0.511 e. The van der Waals surface area contributed by atoms with Crippen molar-refractivity contribution in [3.63, 3.8) is 0 Å². The van der Waals surface area contributed by atoms with E-state index in [9.17, 15) is 8.42 Å². The van der Waals surface area contributed by atoms with Gasteiger partial charge in [-0.15, -0.1) is 13.7 Å². The second-order valence-corrected chi connectivity index (χ2v) is 3.13. The highest BCUT2D eigenvalue weighted by atomic mass is 32.3. The third kappa shape index (κ3) is 3.01. The average Bonchev–Trinajstić information content (AvgIpc) is 2.04. The largest absolute Gasteiger partial charge is 0.511 e. The minimum absolute atomic E-state index is 0.0951. The summed E-state index contributed by atoms with van der Waals surface area (Å²) < 4.78 is 29.5. The first kappa shape index (κ1) is 9.35. The van der Waals surface area contributed by atoms with Gasteiger partial charge in [-0.25, -0.2) is 0 Å². The molecule has 1 aromatic carbocycles. The van der Waals surface area contributed by atoms with Crippen LogP contribution < -0.4 is 4.18 Å². The number of para-hydroxylation sites is 1. The summed E-state index contributed by atoms with van der Waals surface area (Å²) in [6.45, 7) is 0. The molecule has 68 valence electrons. The first-order valence-corrected chi connectivity index (χ1v) is 4.54. The number of nitriles is 1. The molecule has 0 atom stereocenters. The van der Waals surface area contributed by atoms with Gasteiger partial charge in [0.25, 0.3) is 0 Å². The normalized spacial score (nSPS) is 10.1. The zero-order valence-electron chi connectivity index (χ0n) is 6.38. The highest BCUT2D eigenvalue weighted by Crippen LogP contribution is 2.11. The van der Waals surface area contributed by atoms with Gasteiger partial charge < -0.3 is 4.18 Å². The molecule has 0 aliphatic carbocycles. The Morgan fingerprint density at radius 1 is 1.23 bits per heavy atom. The van der Waals surface area contributed by atoms with E-state index in [0.717, 1.165) is 6.26 Å². The Morgan fingerprint density at radius 3 is 2.38 bits per heavy atom. The molecule has 0 amide bonds. The molecule has 0 heterocycles. The molecule has 0 radical (unpaired) electrons. The van der Waals surface area contributed by atoms with Crippen molar-refractivity contribution >= 4 is 10.4 Å². The van der Waals surface area contributed by atoms with E-state index in [1.54, 1.807) is 18.2 Å². The Hall–Kier alpha value is -1.74. The van der Waals surface area contributed by atoms with Gasteiger partial charge in [0.05, 0.1) is 0 Å². The Bertz CT molecular complexity index is 406. The predicted octanol–water partition coefficient (Wildman–Crippen LogP) is 0.808. The summed E-state index contributed by atoms with van der Waals surface area (Å²) in [4.78, 5) is 0. The second kappa shape index (κ2) is 3.78. The van der Waals surface area contributed by atoms with E-state index in [4.69, 9.17) is 5.26 Å². The van der Waals surface area contributed by atoms with Gasteiger partial charge in [0.1, 0.15) is 5.75 Å². The fraction of sp³-hybridized carbons (Fsp3) is 0. The minimum Gasteiger partial charge on any atom is -0.352 e. The van der Waals surface area contributed by atoms with Gasteiger partial charge in [0.15, 0.2) is 0 Å². The van der Waals surface area contributed by atoms with Crippen molar-refractivity contribution in [2.75, 3.05) is 0 Å². The Balaban J connectivity index is 2.77. The zero-order chi connectivity index (χ0) is 9.73. The summed E-state index contributed by atoms with van der Waals surface area (Å²) in [5.74, 6) is 0.0951. The molecule has 1 rings (SSSR count). The average molecular weight is 199 g/mol. The summed E-state index contributed by atoms with van der Waals surface area (Å²) in [7, 11) is -4.25. The van der Waals surface area contributed by atoms with Crippen molar-refractivity contribution in [1.29, 1.82) is 5.26 Å². The van der Waals surface area contributed by atoms with Crippen LogP contribution in [0.4, 0.5) is 0 Å². The van der Waals surface area contributed by atoms with E-state index in [2.05, 4.69) is 8.37 Å². The monoisotopic (exact) mass is 199 g/mol. The van der Waals surface area contributed by atoms with Gasteiger partial charge in [-0.1, -0.05) is 18.2 Å². The molecule has 0 fully saturated rings. The standard InChI is InChI=1S/C7H5NO4S/c8-6-11-13(9,10)12-7-4-2-1-3-5-7/h1-5H. The third-order valence-corrected chi connectivity index (χ3v) is 1.76. The van der Waals surface area contributed by atoms with E-state index in [0.29, 0.717) is 0 Å². The van der Waals surface area contributed by atoms with Crippen molar-refractivity contribution in [3.8, 4) is 12.0 Å². The molecule has 6 heteroatoms.